The van der Waals surface area contributed by atoms with Crippen molar-refractivity contribution in [3.8, 4) is 10.4 Å². The summed E-state index contributed by atoms with van der Waals surface area (Å²) in [4.78, 5) is 85.6. The number of sulfone groups is 1. The molecule has 22 nitrogen and oxygen atoms in total. The summed E-state index contributed by atoms with van der Waals surface area (Å²) in [6.45, 7) is 22.3. The molecule has 0 spiro atoms. The monoisotopic (exact) mass is 1670 g/mol. The molecule has 0 saturated carbocycles. The van der Waals surface area contributed by atoms with Crippen molar-refractivity contribution in [3.63, 3.8) is 0 Å². The molecule has 618 valence electrons. The molecule has 4 aliphatic heterocycles. The van der Waals surface area contributed by atoms with Crippen molar-refractivity contribution in [2.24, 2.45) is 10.8 Å². The number of unbranched alkanes of at least 4 members (excludes halogenated alkanes) is 4. The first-order valence-electron chi connectivity index (χ1n) is 39.7. The Morgan fingerprint density at radius 3 is 2.07 bits per heavy atom. The number of allylic oxidation sites excluding steroid dienone is 1. The molecule has 114 heavy (non-hydrogen) atoms. The number of ether oxygens (including phenoxy) is 1. The molecule has 6 atom stereocenters. The summed E-state index contributed by atoms with van der Waals surface area (Å²) in [6, 6.07) is 31.5. The summed E-state index contributed by atoms with van der Waals surface area (Å²) in [5, 5.41) is 20.5. The average Bonchev–Trinajstić information content (AvgIpc) is 0.778. The molecule has 5 aromatic carbocycles. The first-order valence-corrected chi connectivity index (χ1v) is 44.9. The summed E-state index contributed by atoms with van der Waals surface area (Å²) >= 11 is 9.41. The number of aryl methyl sites for hydroxylation is 1. The van der Waals surface area contributed by atoms with E-state index in [1.807, 2.05) is 116 Å². The number of nitrogens with zero attached hydrogens (tertiary/aromatic N) is 7. The van der Waals surface area contributed by atoms with Crippen LogP contribution in [0.3, 0.4) is 0 Å². The van der Waals surface area contributed by atoms with Crippen LogP contribution in [0.5, 0.6) is 0 Å². The Bertz CT molecular complexity index is 4540. The van der Waals surface area contributed by atoms with Gasteiger partial charge < -0.3 is 40.5 Å². The van der Waals surface area contributed by atoms with Gasteiger partial charge in [-0.1, -0.05) is 119 Å². The number of alkyl halides is 3. The molecule has 11 rings (SSSR count). The fourth-order valence-corrected chi connectivity index (χ4v) is 19.7. The number of rotatable bonds is 33. The number of carbonyl (C=O) groups excluding carboxylic acids is 5. The van der Waals surface area contributed by atoms with Gasteiger partial charge in [0.05, 0.1) is 52.0 Å². The van der Waals surface area contributed by atoms with E-state index < -0.39 is 82.3 Å². The van der Waals surface area contributed by atoms with Gasteiger partial charge >= 0.3 is 5.51 Å². The van der Waals surface area contributed by atoms with E-state index >= 15 is 0 Å². The number of aromatic nitrogens is 1. The quantitative estimate of drug-likeness (QED) is 0.0189. The van der Waals surface area contributed by atoms with Gasteiger partial charge in [0.15, 0.2) is 0 Å². The standard InChI is InChI=1S/C84H109ClF3N11O11S4/c1-58(60-19-21-62(22-20-60)77-59(2)89-57-112-77)90-80(104)73-51-68(100)55-99(73)81(105)78(82(3,4)5)92-75(101)17-13-8-7-9-14-18-76(102)98-45-39-95(40-46-98)38-36-83(6)35-33-71(61-23-27-65(85)28-24-61)64(53-83)54-96-41-43-97(44-42-96)67-29-25-63(26-30-67)79(103)93-114(108,109)70-31-32-72(74(52-70)113(106,107)84(86,87)88)91-66(34-37-94-47-49-110-50-48-94)56-111-69-15-11-10-12-16-69/h10-12,15-16,19-32,52,57-58,66,68,73,78,91,100H,7-9,13-14,17-18,33-51,53-56H2,1-6H3,(H,90,104)(H,92,101)(H,93,103)/t58-,66+,68+,73-,78+,83?/m0/s1. The molecule has 1 unspecified atom stereocenters. The van der Waals surface area contributed by atoms with Crippen LogP contribution in [0.1, 0.15) is 151 Å². The van der Waals surface area contributed by atoms with Gasteiger partial charge in [-0.05, 0) is 165 Å². The fraction of sp³-hybridized carbons (Fsp3) is 0.524. The Balaban J connectivity index is 0.603. The van der Waals surface area contributed by atoms with Crippen molar-refractivity contribution in [1.29, 1.82) is 0 Å². The van der Waals surface area contributed by atoms with E-state index in [1.165, 1.54) is 45.5 Å². The van der Waals surface area contributed by atoms with Gasteiger partial charge in [0.1, 0.15) is 17.0 Å². The van der Waals surface area contributed by atoms with E-state index in [0.29, 0.717) is 95.1 Å². The second-order valence-corrected chi connectivity index (χ2v) is 38.2. The van der Waals surface area contributed by atoms with Crippen molar-refractivity contribution >= 4 is 101 Å². The number of aliphatic hydroxyl groups excluding tert-OH is 1. The highest BCUT2D eigenvalue weighted by Gasteiger charge is 2.49. The van der Waals surface area contributed by atoms with Gasteiger partial charge in [-0.15, -0.1) is 23.1 Å². The number of benzene rings is 5. The van der Waals surface area contributed by atoms with E-state index in [0.717, 1.165) is 135 Å². The zero-order valence-electron chi connectivity index (χ0n) is 66.0. The number of thiazole rings is 1. The van der Waals surface area contributed by atoms with Gasteiger partial charge in [0, 0.05) is 137 Å². The van der Waals surface area contributed by atoms with E-state index in [4.69, 9.17) is 16.3 Å². The number of thioether (sulfide) groups is 1. The van der Waals surface area contributed by atoms with Crippen LogP contribution in [-0.2, 0) is 43.8 Å². The first kappa shape index (κ1) is 87.4. The molecular weight excluding hydrogens is 1560 g/mol. The molecule has 1 aromatic heterocycles. The third-order valence-electron chi connectivity index (χ3n) is 22.7. The number of nitrogens with one attached hydrogen (secondary N) is 4. The Hall–Kier alpha value is -7.45. The van der Waals surface area contributed by atoms with Gasteiger partial charge in [-0.25, -0.2) is 26.5 Å². The molecule has 0 radical (unpaired) electrons. The Morgan fingerprint density at radius 2 is 1.41 bits per heavy atom. The van der Waals surface area contributed by atoms with Gasteiger partial charge in [-0.3, -0.25) is 38.7 Å². The second-order valence-electron chi connectivity index (χ2n) is 32.3. The lowest BCUT2D eigenvalue weighted by molar-refractivity contribution is -0.144. The van der Waals surface area contributed by atoms with E-state index in [-0.39, 0.29) is 54.1 Å². The minimum absolute atomic E-state index is 0.0107. The number of morpholine rings is 1. The van der Waals surface area contributed by atoms with Crippen LogP contribution in [0.4, 0.5) is 24.5 Å². The van der Waals surface area contributed by atoms with Crippen LogP contribution >= 0.6 is 34.7 Å². The predicted octanol–water partition coefficient (Wildman–Crippen LogP) is 12.9. The van der Waals surface area contributed by atoms with Crippen molar-refractivity contribution in [1.82, 2.24) is 44.8 Å². The zero-order valence-corrected chi connectivity index (χ0v) is 70.1. The smallest absolute Gasteiger partial charge is 0.391 e. The highest BCUT2D eigenvalue weighted by Crippen LogP contribution is 2.46. The predicted molar refractivity (Wildman–Crippen MR) is 443 cm³/mol. The molecule has 5 aliphatic rings. The third kappa shape index (κ3) is 23.5. The SMILES string of the molecule is Cc1ncsc1-c1ccc([C@H](C)NC(=O)[C@@H]2C[C@@H](O)CN2C(=O)[C@@H](NC(=O)CCCCCCCC(=O)N2CCN(CCC3(C)CCC(c4ccc(Cl)cc4)=C(CN4CCN(c5ccc(C(=O)NS(=O)(=O)c6ccc(N[C@H](CCN7CCOCC7)CSc7ccccc7)c(S(=O)(=O)C(F)(F)F)c6)cc5)CC4)C3)CC2)C(C)(C)C)cc1. The van der Waals surface area contributed by atoms with E-state index in [2.05, 4.69) is 59.6 Å². The minimum atomic E-state index is -6.11. The maximum atomic E-state index is 14.4. The maximum absolute atomic E-state index is 14.4. The fourth-order valence-electron chi connectivity index (χ4n) is 15.8. The topological polar surface area (TPSA) is 264 Å². The Labute approximate surface area is 682 Å². The third-order valence-corrected chi connectivity index (χ3v) is 27.9. The lowest BCUT2D eigenvalue weighted by Crippen LogP contribution is -2.57. The molecule has 1 aliphatic carbocycles. The second kappa shape index (κ2) is 39.2. The molecule has 5 N–H and O–H groups in total. The van der Waals surface area contributed by atoms with Gasteiger partial charge in [0.2, 0.25) is 23.6 Å². The van der Waals surface area contributed by atoms with Gasteiger partial charge in [-0.2, -0.15) is 13.2 Å². The van der Waals surface area contributed by atoms with Gasteiger partial charge in [0.25, 0.3) is 25.8 Å². The number of amides is 5. The maximum Gasteiger partial charge on any atom is 0.501 e. The summed E-state index contributed by atoms with van der Waals surface area (Å²) in [6.07, 6.45) is 8.11. The van der Waals surface area contributed by atoms with E-state index in [9.17, 15) is 59.1 Å². The number of piperazine rings is 2. The number of carbonyl (C=O) groups is 5. The highest BCUT2D eigenvalue weighted by atomic mass is 35.5. The molecular formula is C84H109ClF3N11O11S4. The Morgan fingerprint density at radius 1 is 0.763 bits per heavy atom. The van der Waals surface area contributed by atoms with Crippen molar-refractivity contribution in [3.05, 3.63) is 160 Å². The summed E-state index contributed by atoms with van der Waals surface area (Å²) < 4.78 is 105. The van der Waals surface area contributed by atoms with Crippen LogP contribution in [0.15, 0.2) is 147 Å². The first-order chi connectivity index (χ1) is 54.3. The lowest BCUT2D eigenvalue weighted by atomic mass is 9.69. The summed E-state index contributed by atoms with van der Waals surface area (Å²) in [5.74, 6) is -1.56. The van der Waals surface area contributed by atoms with Crippen LogP contribution in [0, 0.1) is 17.8 Å². The van der Waals surface area contributed by atoms with E-state index in [1.54, 1.807) is 23.5 Å². The molecule has 6 aromatic rings. The molecule has 4 saturated heterocycles. The number of hydrogen-bond donors (Lipinski definition) is 5. The van der Waals surface area contributed by atoms with Crippen LogP contribution in [0.25, 0.3) is 16.0 Å². The number of sulfonamides is 1. The lowest BCUT2D eigenvalue weighted by Gasteiger charge is -2.42. The molecule has 0 bridgehead atoms. The molecule has 5 amide bonds. The average molecular weight is 1670 g/mol. The number of hydrogen-bond acceptors (Lipinski definition) is 19. The normalized spacial score (nSPS) is 20.0. The molecule has 5 heterocycles. The highest BCUT2D eigenvalue weighted by molar-refractivity contribution is 7.99. The zero-order chi connectivity index (χ0) is 81.5. The number of anilines is 2. The minimum Gasteiger partial charge on any atom is -0.391 e. The summed E-state index contributed by atoms with van der Waals surface area (Å²) in [5.41, 5.74) is 2.56. The van der Waals surface area contributed by atoms with Crippen molar-refractivity contribution in [2.45, 2.75) is 175 Å². The number of β-amino-alcohol motifs (C(OH)–C–C–N with tert-alkyl or cyclic N) is 1. The number of halogens is 4. The summed E-state index contributed by atoms with van der Waals surface area (Å²) in [7, 11) is -11.0. The van der Waals surface area contributed by atoms with Crippen LogP contribution in [0.2, 0.25) is 5.02 Å². The number of likely N-dealkylation sites (tertiary alicyclic amines) is 1. The largest absolute Gasteiger partial charge is 0.501 e. The van der Waals surface area contributed by atoms with Crippen molar-refractivity contribution < 1.29 is 63.8 Å². The molecule has 4 fully saturated rings. The van der Waals surface area contributed by atoms with Crippen molar-refractivity contribution in [2.75, 3.05) is 121 Å². The van der Waals surface area contributed by atoms with Crippen LogP contribution in [-0.4, -0.2) is 221 Å². The Kier molecular flexibility index (Phi) is 30.1. The number of aliphatic hydroxyl groups is 1. The van der Waals surface area contributed by atoms with Crippen LogP contribution < -0.4 is 25.6 Å². The molecule has 30 heteroatoms.